The molecule has 1 aromatic carbocycles. The van der Waals surface area contributed by atoms with Crippen LogP contribution < -0.4 is 5.32 Å². The van der Waals surface area contributed by atoms with E-state index in [1.807, 2.05) is 23.6 Å². The van der Waals surface area contributed by atoms with Gasteiger partial charge in [-0.3, -0.25) is 19.4 Å². The second-order valence-electron chi connectivity index (χ2n) is 7.39. The number of alkyl halides is 3. The lowest BCUT2D eigenvalue weighted by Crippen LogP contribution is -2.51. The minimum atomic E-state index is -4.59. The van der Waals surface area contributed by atoms with Crippen LogP contribution in [-0.2, 0) is 15.8 Å². The van der Waals surface area contributed by atoms with Crippen molar-refractivity contribution in [3.8, 4) is 0 Å². The second-order valence-corrected chi connectivity index (χ2v) is 7.80. The fourth-order valence-corrected chi connectivity index (χ4v) is 3.14. The highest BCUT2D eigenvalue weighted by Crippen LogP contribution is 2.36. The molecular formula is C19H26ClF3N4O2. The second kappa shape index (κ2) is 9.77. The number of piperazine rings is 1. The molecular weight excluding hydrogens is 409 g/mol. The molecule has 0 saturated carbocycles. The van der Waals surface area contributed by atoms with Gasteiger partial charge in [0, 0.05) is 45.0 Å². The zero-order valence-corrected chi connectivity index (χ0v) is 17.5. The van der Waals surface area contributed by atoms with Gasteiger partial charge in [-0.15, -0.1) is 0 Å². The molecule has 0 aliphatic carbocycles. The molecule has 1 aromatic rings. The first-order chi connectivity index (χ1) is 13.5. The fraction of sp³-hybridized carbons (Fsp3) is 0.579. The summed E-state index contributed by atoms with van der Waals surface area (Å²) in [4.78, 5) is 30.0. The summed E-state index contributed by atoms with van der Waals surface area (Å²) < 4.78 is 38.8. The van der Waals surface area contributed by atoms with Crippen molar-refractivity contribution in [2.24, 2.45) is 0 Å². The van der Waals surface area contributed by atoms with Crippen molar-refractivity contribution in [1.82, 2.24) is 14.7 Å². The van der Waals surface area contributed by atoms with Crippen LogP contribution in [0.25, 0.3) is 0 Å². The molecule has 0 aromatic heterocycles. The van der Waals surface area contributed by atoms with E-state index in [1.165, 1.54) is 6.07 Å². The maximum Gasteiger partial charge on any atom is 0.417 e. The normalized spacial score (nSPS) is 16.1. The lowest BCUT2D eigenvalue weighted by atomic mass is 10.2. The molecule has 2 rings (SSSR count). The number of likely N-dealkylation sites (N-methyl/N-ethyl adjacent to an activating group) is 1. The number of halogens is 4. The first-order valence-electron chi connectivity index (χ1n) is 9.34. The van der Waals surface area contributed by atoms with Crippen LogP contribution in [0.1, 0.15) is 19.4 Å². The van der Waals surface area contributed by atoms with Crippen LogP contribution in [0.2, 0.25) is 5.02 Å². The number of hydrogen-bond acceptors (Lipinski definition) is 4. The summed E-state index contributed by atoms with van der Waals surface area (Å²) in [5, 5.41) is 2.07. The molecule has 1 N–H and O–H groups in total. The number of carbonyl (C=O) groups is 2. The average Bonchev–Trinajstić information content (AvgIpc) is 2.63. The molecule has 0 unspecified atom stereocenters. The quantitative estimate of drug-likeness (QED) is 0.748. The highest BCUT2D eigenvalue weighted by Gasteiger charge is 2.33. The van der Waals surface area contributed by atoms with Gasteiger partial charge in [-0.2, -0.15) is 13.2 Å². The summed E-state index contributed by atoms with van der Waals surface area (Å²) in [6.45, 7) is 6.78. The topological polar surface area (TPSA) is 55.9 Å². The summed E-state index contributed by atoms with van der Waals surface area (Å²) in [6, 6.07) is 3.42. The number of amides is 2. The number of benzene rings is 1. The Labute approximate surface area is 173 Å². The molecule has 0 atom stereocenters. The Morgan fingerprint density at radius 3 is 2.21 bits per heavy atom. The van der Waals surface area contributed by atoms with Gasteiger partial charge in [0.2, 0.25) is 11.8 Å². The molecule has 0 radical (unpaired) electrons. The first kappa shape index (κ1) is 23.4. The number of nitrogens with zero attached hydrogens (tertiary/aromatic N) is 3. The van der Waals surface area contributed by atoms with E-state index in [0.29, 0.717) is 32.7 Å². The van der Waals surface area contributed by atoms with E-state index in [1.54, 1.807) is 11.9 Å². The largest absolute Gasteiger partial charge is 0.417 e. The molecule has 29 heavy (non-hydrogen) atoms. The predicted octanol–water partition coefficient (Wildman–Crippen LogP) is 2.78. The first-order valence-corrected chi connectivity index (χ1v) is 9.72. The van der Waals surface area contributed by atoms with Gasteiger partial charge in [0.15, 0.2) is 0 Å². The average molecular weight is 435 g/mol. The molecule has 162 valence electrons. The van der Waals surface area contributed by atoms with E-state index in [4.69, 9.17) is 11.6 Å². The highest BCUT2D eigenvalue weighted by atomic mass is 35.5. The number of carbonyl (C=O) groups excluding carboxylic acids is 2. The molecule has 6 nitrogen and oxygen atoms in total. The van der Waals surface area contributed by atoms with E-state index in [-0.39, 0.29) is 24.2 Å². The van der Waals surface area contributed by atoms with Crippen molar-refractivity contribution < 1.29 is 22.8 Å². The molecule has 1 heterocycles. The Morgan fingerprint density at radius 2 is 1.69 bits per heavy atom. The van der Waals surface area contributed by atoms with Gasteiger partial charge in [0.25, 0.3) is 0 Å². The van der Waals surface area contributed by atoms with Gasteiger partial charge in [0.1, 0.15) is 0 Å². The lowest BCUT2D eigenvalue weighted by molar-refractivity contribution is -0.137. The van der Waals surface area contributed by atoms with Crippen molar-refractivity contribution in [1.29, 1.82) is 0 Å². The van der Waals surface area contributed by atoms with E-state index in [9.17, 15) is 22.8 Å². The maximum absolute atomic E-state index is 12.9. The van der Waals surface area contributed by atoms with Gasteiger partial charge in [-0.25, -0.2) is 0 Å². The maximum atomic E-state index is 12.9. The molecule has 1 aliphatic heterocycles. The Morgan fingerprint density at radius 1 is 1.14 bits per heavy atom. The Balaban J connectivity index is 1.82. The lowest BCUT2D eigenvalue weighted by Gasteiger charge is -2.35. The summed E-state index contributed by atoms with van der Waals surface area (Å²) in [5.41, 5.74) is -0.936. The van der Waals surface area contributed by atoms with Crippen LogP contribution in [0.5, 0.6) is 0 Å². The van der Waals surface area contributed by atoms with Crippen LogP contribution in [0.15, 0.2) is 18.2 Å². The van der Waals surface area contributed by atoms with E-state index in [2.05, 4.69) is 5.32 Å². The van der Waals surface area contributed by atoms with Crippen LogP contribution in [0.3, 0.4) is 0 Å². The van der Waals surface area contributed by atoms with Gasteiger partial charge < -0.3 is 10.2 Å². The third-order valence-corrected chi connectivity index (χ3v) is 5.24. The third kappa shape index (κ3) is 6.87. The minimum absolute atomic E-state index is 0.0488. The number of nitrogens with one attached hydrogen (secondary N) is 1. The Kier molecular flexibility index (Phi) is 7.90. The third-order valence-electron chi connectivity index (χ3n) is 4.91. The van der Waals surface area contributed by atoms with Crippen molar-refractivity contribution in [3.63, 3.8) is 0 Å². The van der Waals surface area contributed by atoms with Gasteiger partial charge in [-0.1, -0.05) is 11.6 Å². The Hall–Kier alpha value is -1.84. The molecule has 0 bridgehead atoms. The molecule has 1 saturated heterocycles. The van der Waals surface area contributed by atoms with Crippen LogP contribution in [-0.4, -0.2) is 78.9 Å². The smallest absolute Gasteiger partial charge is 0.342 e. The zero-order valence-electron chi connectivity index (χ0n) is 16.7. The van der Waals surface area contributed by atoms with Crippen LogP contribution in [0.4, 0.5) is 18.9 Å². The predicted molar refractivity (Wildman–Crippen MR) is 106 cm³/mol. The van der Waals surface area contributed by atoms with E-state index < -0.39 is 22.7 Å². The fourth-order valence-electron chi connectivity index (χ4n) is 2.92. The van der Waals surface area contributed by atoms with Crippen molar-refractivity contribution in [2.45, 2.75) is 26.1 Å². The van der Waals surface area contributed by atoms with Crippen molar-refractivity contribution in [3.05, 3.63) is 28.8 Å². The SMILES string of the molecule is CC(C)N(C)C(=O)CN1CCN(CC(=O)Nc2ccc(Cl)c(C(F)(F)F)c2)CC1. The zero-order chi connectivity index (χ0) is 21.8. The number of hydrogen-bond donors (Lipinski definition) is 1. The summed E-state index contributed by atoms with van der Waals surface area (Å²) in [7, 11) is 1.77. The number of anilines is 1. The molecule has 1 fully saturated rings. The van der Waals surface area contributed by atoms with E-state index in [0.717, 1.165) is 12.1 Å². The standard InChI is InChI=1S/C19H26ClF3N4O2/c1-13(2)25(3)18(29)12-27-8-6-26(7-9-27)11-17(28)24-14-4-5-16(20)15(10-14)19(21,22)23/h4-5,10,13H,6-9,11-12H2,1-3H3,(H,24,28). The highest BCUT2D eigenvalue weighted by molar-refractivity contribution is 6.31. The van der Waals surface area contributed by atoms with Crippen LogP contribution in [0, 0.1) is 0 Å². The number of rotatable bonds is 6. The van der Waals surface area contributed by atoms with Gasteiger partial charge in [-0.05, 0) is 32.0 Å². The van der Waals surface area contributed by atoms with E-state index >= 15 is 0 Å². The summed E-state index contributed by atoms with van der Waals surface area (Å²) in [6.07, 6.45) is -4.59. The molecule has 0 spiro atoms. The monoisotopic (exact) mass is 434 g/mol. The van der Waals surface area contributed by atoms with Gasteiger partial charge >= 0.3 is 6.18 Å². The summed E-state index contributed by atoms with van der Waals surface area (Å²) in [5.74, 6) is -0.348. The van der Waals surface area contributed by atoms with Crippen molar-refractivity contribution in [2.75, 3.05) is 51.6 Å². The van der Waals surface area contributed by atoms with Crippen LogP contribution >= 0.6 is 11.6 Å². The Bertz CT molecular complexity index is 735. The van der Waals surface area contributed by atoms with Crippen molar-refractivity contribution >= 4 is 29.1 Å². The molecule has 2 amide bonds. The van der Waals surface area contributed by atoms with Gasteiger partial charge in [0.05, 0.1) is 23.7 Å². The molecule has 1 aliphatic rings. The minimum Gasteiger partial charge on any atom is -0.342 e. The summed E-state index contributed by atoms with van der Waals surface area (Å²) >= 11 is 5.59. The molecule has 10 heteroatoms.